The third kappa shape index (κ3) is 112. The molecule has 0 aliphatic rings. The van der Waals surface area contributed by atoms with Gasteiger partial charge in [0.05, 0.1) is 12.7 Å². The monoisotopic (exact) mass is 173 g/mol. The average molecular weight is 173 g/mol. The minimum absolute atomic E-state index is 0.139. The van der Waals surface area contributed by atoms with E-state index in [1.165, 1.54) is 6.92 Å². The molecule has 5 N–H and O–H groups in total. The molecule has 0 saturated carbocycles. The molecule has 0 saturated heterocycles. The van der Waals surface area contributed by atoms with Gasteiger partial charge in [-0.25, -0.2) is 5.14 Å². The van der Waals surface area contributed by atoms with Crippen molar-refractivity contribution in [1.82, 2.24) is 0 Å². The normalized spacial score (nSPS) is 13.3. The Kier molecular flexibility index (Phi) is 6.94. The van der Waals surface area contributed by atoms with Crippen LogP contribution in [0, 0.1) is 0 Å². The molecule has 10 heavy (non-hydrogen) atoms. The Labute approximate surface area is 59.2 Å². The number of nitrogens with two attached hydrogens (primary N) is 1. The highest BCUT2D eigenvalue weighted by atomic mass is 32.2. The van der Waals surface area contributed by atoms with Crippen LogP contribution in [0.3, 0.4) is 0 Å². The summed E-state index contributed by atoms with van der Waals surface area (Å²) in [4.78, 5) is 0. The second kappa shape index (κ2) is 5.57. The van der Waals surface area contributed by atoms with Crippen molar-refractivity contribution >= 4 is 10.3 Å². The number of hydrogen-bond donors (Lipinski definition) is 4. The number of aliphatic hydroxyl groups is 2. The number of rotatable bonds is 1. The van der Waals surface area contributed by atoms with Crippen LogP contribution in [0.5, 0.6) is 0 Å². The van der Waals surface area contributed by atoms with Crippen LogP contribution in [-0.4, -0.2) is 35.9 Å². The summed E-state index contributed by atoms with van der Waals surface area (Å²) in [6.45, 7) is 1.39. The van der Waals surface area contributed by atoms with Gasteiger partial charge < -0.3 is 10.2 Å². The summed E-state index contributed by atoms with van der Waals surface area (Å²) in [7, 11) is -4.17. The van der Waals surface area contributed by atoms with Crippen molar-refractivity contribution in [3.05, 3.63) is 0 Å². The average Bonchev–Trinajstić information content (AvgIpc) is 1.61. The van der Waals surface area contributed by atoms with Crippen molar-refractivity contribution in [2.45, 2.75) is 13.0 Å². The minimum Gasteiger partial charge on any atom is -0.394 e. The summed E-state index contributed by atoms with van der Waals surface area (Å²) in [5, 5.41) is 19.9. The van der Waals surface area contributed by atoms with Gasteiger partial charge in [0.2, 0.25) is 0 Å². The Morgan fingerprint density at radius 3 is 1.70 bits per heavy atom. The van der Waals surface area contributed by atoms with Gasteiger partial charge in [-0.3, -0.25) is 4.55 Å². The molecule has 0 aliphatic heterocycles. The maximum atomic E-state index is 8.97. The van der Waals surface area contributed by atoms with E-state index in [4.69, 9.17) is 23.2 Å². The summed E-state index contributed by atoms with van der Waals surface area (Å²) in [5.74, 6) is 0. The minimum atomic E-state index is -4.17. The van der Waals surface area contributed by atoms with Crippen molar-refractivity contribution in [3.8, 4) is 0 Å². The molecule has 0 fully saturated rings. The third-order valence-electron chi connectivity index (χ3n) is 0.264. The van der Waals surface area contributed by atoms with E-state index in [-0.39, 0.29) is 6.61 Å². The molecule has 0 bridgehead atoms. The molecule has 0 aromatic heterocycles. The van der Waals surface area contributed by atoms with Crippen LogP contribution >= 0.6 is 0 Å². The maximum absolute atomic E-state index is 8.97. The van der Waals surface area contributed by atoms with E-state index in [1.807, 2.05) is 0 Å². The molecule has 7 heteroatoms. The van der Waals surface area contributed by atoms with Crippen LogP contribution in [-0.2, 0) is 10.3 Å². The fraction of sp³-hybridized carbons (Fsp3) is 1.00. The Morgan fingerprint density at radius 2 is 1.70 bits per heavy atom. The van der Waals surface area contributed by atoms with Crippen molar-refractivity contribution in [2.75, 3.05) is 6.61 Å². The van der Waals surface area contributed by atoms with Crippen molar-refractivity contribution < 1.29 is 23.2 Å². The molecule has 0 radical (unpaired) electrons. The molecule has 0 spiro atoms. The van der Waals surface area contributed by atoms with Crippen LogP contribution in [0.1, 0.15) is 6.92 Å². The van der Waals surface area contributed by atoms with Gasteiger partial charge in [0.25, 0.3) is 0 Å². The second-order valence-corrected chi connectivity index (χ2v) is 2.58. The lowest BCUT2D eigenvalue weighted by atomic mass is 10.5. The second-order valence-electron chi connectivity index (χ2n) is 1.55. The smallest absolute Gasteiger partial charge is 0.330 e. The first-order valence-corrected chi connectivity index (χ1v) is 3.81. The lowest BCUT2D eigenvalue weighted by Gasteiger charge is -1.90. The van der Waals surface area contributed by atoms with Crippen LogP contribution in [0.15, 0.2) is 0 Å². The van der Waals surface area contributed by atoms with Gasteiger partial charge in [-0.1, -0.05) is 0 Å². The molecule has 64 valence electrons. The predicted octanol–water partition coefficient (Wildman–Crippen LogP) is -1.89. The highest BCUT2D eigenvalue weighted by Crippen LogP contribution is 1.68. The molecule has 1 atom stereocenters. The molecule has 1 unspecified atom stereocenters. The maximum Gasteiger partial charge on any atom is 0.330 e. The van der Waals surface area contributed by atoms with Crippen LogP contribution in [0.2, 0.25) is 0 Å². The van der Waals surface area contributed by atoms with Crippen LogP contribution in [0.4, 0.5) is 0 Å². The van der Waals surface area contributed by atoms with Crippen molar-refractivity contribution in [3.63, 3.8) is 0 Å². The molecule has 0 rings (SSSR count). The topological polar surface area (TPSA) is 121 Å². The number of aliphatic hydroxyl groups excluding tert-OH is 2. The molecule has 0 aromatic rings. The fourth-order valence-corrected chi connectivity index (χ4v) is 0. The summed E-state index contributed by atoms with van der Waals surface area (Å²) >= 11 is 0. The Bertz CT molecular complexity index is 142. The quantitative estimate of drug-likeness (QED) is 0.345. The lowest BCUT2D eigenvalue weighted by Crippen LogP contribution is -2.08. The van der Waals surface area contributed by atoms with Crippen molar-refractivity contribution in [1.29, 1.82) is 0 Å². The highest BCUT2D eigenvalue weighted by Gasteiger charge is 1.83. The Hall–Kier alpha value is -0.210. The summed E-state index contributed by atoms with van der Waals surface area (Å²) < 4.78 is 25.2. The molecule has 6 nitrogen and oxygen atoms in total. The van der Waals surface area contributed by atoms with Gasteiger partial charge in [-0.05, 0) is 6.92 Å². The van der Waals surface area contributed by atoms with Gasteiger partial charge in [-0.2, -0.15) is 8.42 Å². The first kappa shape index (κ1) is 12.5. The van der Waals surface area contributed by atoms with E-state index in [2.05, 4.69) is 5.14 Å². The SMILES string of the molecule is CC(O)CO.NS(=O)(=O)O. The van der Waals surface area contributed by atoms with E-state index in [0.29, 0.717) is 0 Å². The third-order valence-corrected chi connectivity index (χ3v) is 0.264. The predicted molar refractivity (Wildman–Crippen MR) is 34.5 cm³/mol. The van der Waals surface area contributed by atoms with Gasteiger partial charge in [0, 0.05) is 0 Å². The first-order valence-electron chi connectivity index (χ1n) is 2.31. The molecule has 0 amide bonds. The lowest BCUT2D eigenvalue weighted by molar-refractivity contribution is 0.110. The van der Waals surface area contributed by atoms with E-state index < -0.39 is 16.4 Å². The van der Waals surface area contributed by atoms with Crippen LogP contribution in [0.25, 0.3) is 0 Å². The Balaban J connectivity index is 0. The van der Waals surface area contributed by atoms with Crippen LogP contribution < -0.4 is 5.14 Å². The molecule has 0 heterocycles. The molecular weight excluding hydrogens is 162 g/mol. The van der Waals surface area contributed by atoms with E-state index in [0.717, 1.165) is 0 Å². The zero-order valence-electron chi connectivity index (χ0n) is 5.43. The Morgan fingerprint density at radius 1 is 1.60 bits per heavy atom. The fourth-order valence-electron chi connectivity index (χ4n) is 0. The molecular formula is C3H11NO5S. The van der Waals surface area contributed by atoms with E-state index in [1.54, 1.807) is 0 Å². The van der Waals surface area contributed by atoms with Gasteiger partial charge in [0.1, 0.15) is 0 Å². The largest absolute Gasteiger partial charge is 0.394 e. The van der Waals surface area contributed by atoms with E-state index >= 15 is 0 Å². The van der Waals surface area contributed by atoms with Crippen molar-refractivity contribution in [2.24, 2.45) is 5.14 Å². The zero-order chi connectivity index (χ0) is 8.78. The molecule has 0 aromatic carbocycles. The highest BCUT2D eigenvalue weighted by molar-refractivity contribution is 7.83. The summed E-state index contributed by atoms with van der Waals surface area (Å²) in [6, 6.07) is 0. The zero-order valence-corrected chi connectivity index (χ0v) is 6.24. The van der Waals surface area contributed by atoms with Gasteiger partial charge in [-0.15, -0.1) is 0 Å². The molecule has 0 aliphatic carbocycles. The summed E-state index contributed by atoms with van der Waals surface area (Å²) in [5.41, 5.74) is 0. The standard InChI is InChI=1S/C3H8O2.H3NO3S/c1-3(5)2-4;1-5(2,3)4/h3-5H,2H2,1H3;(H3,1,2,3,4). The first-order chi connectivity index (χ1) is 4.27. The van der Waals surface area contributed by atoms with E-state index in [9.17, 15) is 0 Å². The number of hydrogen-bond acceptors (Lipinski definition) is 4. The van der Waals surface area contributed by atoms with Gasteiger partial charge in [0.15, 0.2) is 0 Å². The van der Waals surface area contributed by atoms with Gasteiger partial charge >= 0.3 is 10.3 Å². The summed E-state index contributed by atoms with van der Waals surface area (Å²) in [6.07, 6.45) is -0.560.